The van der Waals surface area contributed by atoms with E-state index in [4.69, 9.17) is 10.5 Å². The molecular weight excluding hydrogens is 204 g/mol. The van der Waals surface area contributed by atoms with Crippen molar-refractivity contribution < 1.29 is 9.53 Å². The molecule has 0 aromatic heterocycles. The van der Waals surface area contributed by atoms with Crippen molar-refractivity contribution >= 4 is 6.09 Å². The molecule has 1 saturated carbocycles. The Bertz CT molecular complexity index is 257. The number of hydrogen-bond acceptors (Lipinski definition) is 3. The van der Waals surface area contributed by atoms with Crippen molar-refractivity contribution in [2.45, 2.75) is 64.6 Å². The minimum absolute atomic E-state index is 0.147. The first-order chi connectivity index (χ1) is 7.08. The summed E-state index contributed by atoms with van der Waals surface area (Å²) in [5.74, 6) is 0.493. The van der Waals surface area contributed by atoms with Crippen LogP contribution in [0.15, 0.2) is 0 Å². The van der Waals surface area contributed by atoms with Crippen molar-refractivity contribution in [3.05, 3.63) is 0 Å². The number of hydrogen-bond donors (Lipinski definition) is 2. The maximum Gasteiger partial charge on any atom is 0.407 e. The number of nitrogens with one attached hydrogen (secondary N) is 1. The highest BCUT2D eigenvalue weighted by Crippen LogP contribution is 2.34. The van der Waals surface area contributed by atoms with Crippen molar-refractivity contribution in [2.75, 3.05) is 0 Å². The topological polar surface area (TPSA) is 64.3 Å². The van der Waals surface area contributed by atoms with Gasteiger partial charge in [0.05, 0.1) is 0 Å². The molecule has 0 bridgehead atoms. The van der Waals surface area contributed by atoms with Crippen molar-refractivity contribution in [3.8, 4) is 0 Å². The second kappa shape index (κ2) is 4.24. The van der Waals surface area contributed by atoms with Crippen LogP contribution in [0.1, 0.15) is 47.5 Å². The van der Waals surface area contributed by atoms with E-state index >= 15 is 0 Å². The molecule has 4 nitrogen and oxygen atoms in total. The molecule has 1 aliphatic carbocycles. The Morgan fingerprint density at radius 1 is 1.25 bits per heavy atom. The minimum atomic E-state index is -0.430. The zero-order valence-electron chi connectivity index (χ0n) is 11.0. The Labute approximate surface area is 97.9 Å². The highest BCUT2D eigenvalue weighted by Gasteiger charge is 2.38. The molecule has 0 aromatic rings. The normalized spacial score (nSPS) is 25.9. The lowest BCUT2D eigenvalue weighted by Crippen LogP contribution is -2.55. The van der Waals surface area contributed by atoms with Crippen LogP contribution in [0.3, 0.4) is 0 Å². The predicted molar refractivity (Wildman–Crippen MR) is 64.1 cm³/mol. The van der Waals surface area contributed by atoms with Crippen molar-refractivity contribution in [1.82, 2.24) is 5.32 Å². The van der Waals surface area contributed by atoms with Gasteiger partial charge in [0.2, 0.25) is 0 Å². The molecule has 3 N–H and O–H groups in total. The molecule has 94 valence electrons. The SMILES string of the molecule is CC(C)(C)OC(=O)NC1CC(C(C)(C)N)C1. The summed E-state index contributed by atoms with van der Waals surface area (Å²) in [5.41, 5.74) is 5.41. The summed E-state index contributed by atoms with van der Waals surface area (Å²) in [4.78, 5) is 11.5. The third-order valence-corrected chi connectivity index (χ3v) is 2.91. The predicted octanol–water partition coefficient (Wildman–Crippen LogP) is 2.03. The lowest BCUT2D eigenvalue weighted by atomic mass is 9.70. The summed E-state index contributed by atoms with van der Waals surface area (Å²) in [7, 11) is 0. The molecule has 0 atom stereocenters. The summed E-state index contributed by atoms with van der Waals surface area (Å²) in [6.45, 7) is 9.64. The van der Waals surface area contributed by atoms with Gasteiger partial charge in [-0.25, -0.2) is 4.79 Å². The molecule has 16 heavy (non-hydrogen) atoms. The third-order valence-electron chi connectivity index (χ3n) is 2.91. The van der Waals surface area contributed by atoms with E-state index in [0.29, 0.717) is 5.92 Å². The van der Waals surface area contributed by atoms with Crippen LogP contribution in [0.2, 0.25) is 0 Å². The van der Waals surface area contributed by atoms with Crippen LogP contribution in [0.5, 0.6) is 0 Å². The average Bonchev–Trinajstić information content (AvgIpc) is 1.89. The van der Waals surface area contributed by atoms with E-state index in [9.17, 15) is 4.79 Å². The molecule has 1 aliphatic rings. The molecule has 4 heteroatoms. The number of nitrogens with two attached hydrogens (primary N) is 1. The number of rotatable bonds is 2. The van der Waals surface area contributed by atoms with Crippen LogP contribution in [0.4, 0.5) is 4.79 Å². The molecule has 0 aliphatic heterocycles. The van der Waals surface area contributed by atoms with E-state index in [2.05, 4.69) is 5.32 Å². The van der Waals surface area contributed by atoms with Gasteiger partial charge in [-0.15, -0.1) is 0 Å². The van der Waals surface area contributed by atoms with Gasteiger partial charge in [0.15, 0.2) is 0 Å². The first kappa shape index (κ1) is 13.3. The molecule has 0 unspecified atom stereocenters. The van der Waals surface area contributed by atoms with Crippen molar-refractivity contribution in [2.24, 2.45) is 11.7 Å². The monoisotopic (exact) mass is 228 g/mol. The van der Waals surface area contributed by atoms with Gasteiger partial charge in [0, 0.05) is 11.6 Å². The fraction of sp³-hybridized carbons (Fsp3) is 0.917. The number of carbonyl (C=O) groups is 1. The second-order valence-electron chi connectivity index (χ2n) is 6.33. The Hall–Kier alpha value is -0.770. The summed E-state index contributed by atoms with van der Waals surface area (Å²) < 4.78 is 5.18. The van der Waals surface area contributed by atoms with E-state index in [1.54, 1.807) is 0 Å². The Balaban J connectivity index is 2.25. The minimum Gasteiger partial charge on any atom is -0.444 e. The van der Waals surface area contributed by atoms with Gasteiger partial charge in [-0.2, -0.15) is 0 Å². The van der Waals surface area contributed by atoms with E-state index < -0.39 is 5.60 Å². The molecule has 1 amide bonds. The van der Waals surface area contributed by atoms with Crippen molar-refractivity contribution in [3.63, 3.8) is 0 Å². The Morgan fingerprint density at radius 2 is 1.75 bits per heavy atom. The number of carbonyl (C=O) groups excluding carboxylic acids is 1. The van der Waals surface area contributed by atoms with E-state index in [1.807, 2.05) is 34.6 Å². The third kappa shape index (κ3) is 4.00. The smallest absolute Gasteiger partial charge is 0.407 e. The zero-order chi connectivity index (χ0) is 12.6. The first-order valence-corrected chi connectivity index (χ1v) is 5.86. The summed E-state index contributed by atoms with van der Waals surface area (Å²) >= 11 is 0. The number of amides is 1. The Kier molecular flexibility index (Phi) is 3.53. The van der Waals surface area contributed by atoms with Gasteiger partial charge >= 0.3 is 6.09 Å². The number of ether oxygens (including phenoxy) is 1. The molecule has 0 spiro atoms. The summed E-state index contributed by atoms with van der Waals surface area (Å²) in [5, 5.41) is 2.86. The highest BCUT2D eigenvalue weighted by atomic mass is 16.6. The Morgan fingerprint density at radius 3 is 2.12 bits per heavy atom. The van der Waals surface area contributed by atoms with Crippen LogP contribution < -0.4 is 11.1 Å². The van der Waals surface area contributed by atoms with E-state index in [0.717, 1.165) is 12.8 Å². The van der Waals surface area contributed by atoms with Gasteiger partial charge < -0.3 is 15.8 Å². The molecular formula is C12H24N2O2. The van der Waals surface area contributed by atoms with Crippen LogP contribution >= 0.6 is 0 Å². The lowest BCUT2D eigenvalue weighted by molar-refractivity contribution is 0.0419. The second-order valence-corrected chi connectivity index (χ2v) is 6.33. The highest BCUT2D eigenvalue weighted by molar-refractivity contribution is 5.68. The molecule has 0 radical (unpaired) electrons. The summed E-state index contributed by atoms with van der Waals surface area (Å²) in [6.07, 6.45) is 1.57. The van der Waals surface area contributed by atoms with Gasteiger partial charge in [-0.1, -0.05) is 0 Å². The maximum absolute atomic E-state index is 11.5. The van der Waals surface area contributed by atoms with Crippen LogP contribution in [-0.4, -0.2) is 23.3 Å². The fourth-order valence-electron chi connectivity index (χ4n) is 1.82. The quantitative estimate of drug-likeness (QED) is 0.760. The van der Waals surface area contributed by atoms with E-state index in [-0.39, 0.29) is 17.7 Å². The molecule has 1 fully saturated rings. The largest absolute Gasteiger partial charge is 0.444 e. The molecule has 0 aromatic carbocycles. The zero-order valence-corrected chi connectivity index (χ0v) is 11.0. The lowest BCUT2D eigenvalue weighted by Gasteiger charge is -2.43. The van der Waals surface area contributed by atoms with Gasteiger partial charge in [-0.05, 0) is 53.4 Å². The maximum atomic E-state index is 11.5. The first-order valence-electron chi connectivity index (χ1n) is 5.86. The molecule has 1 rings (SSSR count). The van der Waals surface area contributed by atoms with Gasteiger partial charge in [-0.3, -0.25) is 0 Å². The van der Waals surface area contributed by atoms with E-state index in [1.165, 1.54) is 0 Å². The number of alkyl carbamates (subject to hydrolysis) is 1. The van der Waals surface area contributed by atoms with Gasteiger partial charge in [0.1, 0.15) is 5.60 Å². The van der Waals surface area contributed by atoms with Crippen LogP contribution in [0.25, 0.3) is 0 Å². The van der Waals surface area contributed by atoms with Crippen LogP contribution in [0, 0.1) is 5.92 Å². The van der Waals surface area contributed by atoms with Crippen molar-refractivity contribution in [1.29, 1.82) is 0 Å². The average molecular weight is 228 g/mol. The van der Waals surface area contributed by atoms with Gasteiger partial charge in [0.25, 0.3) is 0 Å². The molecule has 0 saturated heterocycles. The summed E-state index contributed by atoms with van der Waals surface area (Å²) in [6, 6.07) is 0.225. The fourth-order valence-corrected chi connectivity index (χ4v) is 1.82. The molecule has 0 heterocycles. The standard InChI is InChI=1S/C12H24N2O2/c1-11(2,3)16-10(15)14-9-6-8(7-9)12(4,5)13/h8-9H,6-7,13H2,1-5H3,(H,14,15). The van der Waals surface area contributed by atoms with Crippen LogP contribution in [-0.2, 0) is 4.74 Å².